The zero-order valence-electron chi connectivity index (χ0n) is 9.01. The molecule has 1 fully saturated rings. The van der Waals surface area contributed by atoms with Crippen molar-refractivity contribution in [2.75, 3.05) is 11.5 Å². The summed E-state index contributed by atoms with van der Waals surface area (Å²) in [7, 11) is -3.15. The van der Waals surface area contributed by atoms with E-state index in [0.717, 1.165) is 0 Å². The van der Waals surface area contributed by atoms with Crippen molar-refractivity contribution < 1.29 is 17.7 Å². The average molecular weight is 279 g/mol. The Morgan fingerprint density at radius 3 is 2.76 bits per heavy atom. The molecule has 1 aromatic heterocycles. The van der Waals surface area contributed by atoms with E-state index in [1.165, 1.54) is 6.20 Å². The zero-order chi connectivity index (χ0) is 12.6. The second-order valence-corrected chi connectivity index (χ2v) is 6.68. The summed E-state index contributed by atoms with van der Waals surface area (Å²) >= 11 is 5.88. The second-order valence-electron chi connectivity index (χ2n) is 3.97. The first kappa shape index (κ1) is 12.4. The lowest BCUT2D eigenvalue weighted by Gasteiger charge is -2.13. The van der Waals surface area contributed by atoms with Crippen molar-refractivity contribution in [3.05, 3.63) is 17.5 Å². The second kappa shape index (κ2) is 4.30. The van der Waals surface area contributed by atoms with E-state index in [-0.39, 0.29) is 17.1 Å². The van der Waals surface area contributed by atoms with Gasteiger partial charge in [-0.3, -0.25) is 4.79 Å². The van der Waals surface area contributed by atoms with Gasteiger partial charge in [0.2, 0.25) is 0 Å². The zero-order valence-corrected chi connectivity index (χ0v) is 10.6. The summed E-state index contributed by atoms with van der Waals surface area (Å²) < 4.78 is 27.4. The summed E-state index contributed by atoms with van der Waals surface area (Å²) in [6, 6.07) is -0.566. The number of rotatable bonds is 2. The lowest BCUT2D eigenvalue weighted by Crippen LogP contribution is -2.40. The molecule has 0 spiro atoms. The van der Waals surface area contributed by atoms with Gasteiger partial charge in [0.1, 0.15) is 11.3 Å². The number of sulfone groups is 1. The number of hydrogen-bond donors (Lipinski definition) is 1. The van der Waals surface area contributed by atoms with Crippen LogP contribution in [0.15, 0.2) is 10.7 Å². The van der Waals surface area contributed by atoms with Gasteiger partial charge in [-0.05, 0) is 6.92 Å². The molecule has 1 aromatic rings. The van der Waals surface area contributed by atoms with Gasteiger partial charge < -0.3 is 9.84 Å². The number of halogens is 1. The number of nitrogens with one attached hydrogen (secondary N) is 1. The molecule has 94 valence electrons. The number of nitrogens with zero attached hydrogens (tertiary/aromatic N) is 1. The first-order valence-electron chi connectivity index (χ1n) is 4.96. The van der Waals surface area contributed by atoms with Crippen LogP contribution in [0.25, 0.3) is 0 Å². The highest BCUT2D eigenvalue weighted by Crippen LogP contribution is 2.18. The molecule has 17 heavy (non-hydrogen) atoms. The maximum absolute atomic E-state index is 11.8. The van der Waals surface area contributed by atoms with Crippen LogP contribution in [0, 0.1) is 6.92 Å². The SMILES string of the molecule is Cc1oncc1C(=O)NC1CS(=O)(=O)CC1Cl. The van der Waals surface area contributed by atoms with Crippen LogP contribution in [0.4, 0.5) is 0 Å². The molecule has 0 saturated carbocycles. The fourth-order valence-electron chi connectivity index (χ4n) is 1.70. The fourth-order valence-corrected chi connectivity index (χ4v) is 4.25. The Morgan fingerprint density at radius 2 is 2.29 bits per heavy atom. The molecule has 2 rings (SSSR count). The third kappa shape index (κ3) is 2.61. The number of aryl methyl sites for hydroxylation is 1. The highest BCUT2D eigenvalue weighted by Gasteiger charge is 2.37. The standard InChI is InChI=1S/C9H11ClN2O4S/c1-5-6(2-11-16-5)9(13)12-8-4-17(14,15)3-7(8)10/h2,7-8H,3-4H2,1H3,(H,12,13). The molecule has 0 aliphatic carbocycles. The van der Waals surface area contributed by atoms with Crippen molar-refractivity contribution in [2.45, 2.75) is 18.3 Å². The van der Waals surface area contributed by atoms with Gasteiger partial charge in [0.25, 0.3) is 5.91 Å². The summed E-state index contributed by atoms with van der Waals surface area (Å²) in [6.07, 6.45) is 1.29. The number of hydrogen-bond acceptors (Lipinski definition) is 5. The van der Waals surface area contributed by atoms with Crippen LogP contribution in [0.1, 0.15) is 16.1 Å². The Kier molecular flexibility index (Phi) is 3.13. The number of amides is 1. The van der Waals surface area contributed by atoms with Gasteiger partial charge in [0.15, 0.2) is 9.84 Å². The maximum Gasteiger partial charge on any atom is 0.256 e. The summed E-state index contributed by atoms with van der Waals surface area (Å²) in [5, 5.41) is 5.46. The monoisotopic (exact) mass is 278 g/mol. The molecule has 0 bridgehead atoms. The highest BCUT2D eigenvalue weighted by molar-refractivity contribution is 7.91. The summed E-state index contributed by atoms with van der Waals surface area (Å²) in [6.45, 7) is 1.60. The van der Waals surface area contributed by atoms with Crippen molar-refractivity contribution >= 4 is 27.3 Å². The minimum absolute atomic E-state index is 0.109. The third-order valence-corrected chi connectivity index (χ3v) is 4.97. The van der Waals surface area contributed by atoms with E-state index in [9.17, 15) is 13.2 Å². The minimum atomic E-state index is -3.15. The van der Waals surface area contributed by atoms with Crippen molar-refractivity contribution in [2.24, 2.45) is 0 Å². The normalized spacial score (nSPS) is 26.9. The van der Waals surface area contributed by atoms with E-state index in [1.54, 1.807) is 6.92 Å². The van der Waals surface area contributed by atoms with Crippen LogP contribution in [-0.4, -0.2) is 42.4 Å². The Balaban J connectivity index is 2.08. The van der Waals surface area contributed by atoms with Gasteiger partial charge in [-0.1, -0.05) is 5.16 Å². The largest absolute Gasteiger partial charge is 0.361 e. The van der Waals surface area contributed by atoms with Gasteiger partial charge >= 0.3 is 0 Å². The maximum atomic E-state index is 11.8. The van der Waals surface area contributed by atoms with Crippen LogP contribution in [-0.2, 0) is 9.84 Å². The summed E-state index contributed by atoms with van der Waals surface area (Å²) in [5.74, 6) is -0.273. The number of alkyl halides is 1. The predicted molar refractivity (Wildman–Crippen MR) is 60.8 cm³/mol. The topological polar surface area (TPSA) is 89.3 Å². The number of carbonyl (C=O) groups excluding carboxylic acids is 1. The molecule has 0 radical (unpaired) electrons. The van der Waals surface area contributed by atoms with E-state index in [1.807, 2.05) is 0 Å². The van der Waals surface area contributed by atoms with Gasteiger partial charge in [-0.25, -0.2) is 8.42 Å². The van der Waals surface area contributed by atoms with E-state index >= 15 is 0 Å². The van der Waals surface area contributed by atoms with Crippen LogP contribution in [0.3, 0.4) is 0 Å². The predicted octanol–water partition coefficient (Wildman–Crippen LogP) is 0.117. The molecule has 1 aliphatic heterocycles. The van der Waals surface area contributed by atoms with Crippen LogP contribution < -0.4 is 5.32 Å². The molecule has 2 heterocycles. The van der Waals surface area contributed by atoms with E-state index in [2.05, 4.69) is 10.5 Å². The van der Waals surface area contributed by atoms with E-state index < -0.39 is 27.2 Å². The lowest BCUT2D eigenvalue weighted by atomic mass is 10.2. The Hall–Kier alpha value is -1.08. The van der Waals surface area contributed by atoms with E-state index in [0.29, 0.717) is 5.76 Å². The molecule has 6 nitrogen and oxygen atoms in total. The first-order valence-corrected chi connectivity index (χ1v) is 7.21. The molecule has 2 unspecified atom stereocenters. The summed E-state index contributed by atoms with van der Waals surface area (Å²) in [4.78, 5) is 11.8. The molecule has 8 heteroatoms. The lowest BCUT2D eigenvalue weighted by molar-refractivity contribution is 0.0940. The molecule has 1 amide bonds. The fraction of sp³-hybridized carbons (Fsp3) is 0.556. The van der Waals surface area contributed by atoms with Crippen LogP contribution in [0.2, 0.25) is 0 Å². The number of carbonyl (C=O) groups is 1. The first-order chi connectivity index (χ1) is 7.89. The molecular formula is C9H11ClN2O4S. The van der Waals surface area contributed by atoms with Crippen LogP contribution in [0.5, 0.6) is 0 Å². The molecular weight excluding hydrogens is 268 g/mol. The number of aromatic nitrogens is 1. The van der Waals surface area contributed by atoms with Gasteiger partial charge in [0, 0.05) is 0 Å². The Bertz CT molecular complexity index is 539. The Morgan fingerprint density at radius 1 is 1.59 bits per heavy atom. The molecule has 1 saturated heterocycles. The molecule has 0 aromatic carbocycles. The minimum Gasteiger partial charge on any atom is -0.361 e. The van der Waals surface area contributed by atoms with Crippen molar-refractivity contribution in [1.82, 2.24) is 10.5 Å². The average Bonchev–Trinajstić information content (AvgIpc) is 2.71. The quantitative estimate of drug-likeness (QED) is 0.776. The summed E-state index contributed by atoms with van der Waals surface area (Å²) in [5.41, 5.74) is 0.290. The van der Waals surface area contributed by atoms with Gasteiger partial charge in [0.05, 0.1) is 29.1 Å². The Labute approximate surface area is 103 Å². The van der Waals surface area contributed by atoms with Gasteiger partial charge in [-0.15, -0.1) is 11.6 Å². The third-order valence-electron chi connectivity index (χ3n) is 2.60. The van der Waals surface area contributed by atoms with Gasteiger partial charge in [-0.2, -0.15) is 0 Å². The molecule has 2 atom stereocenters. The molecule has 1 N–H and O–H groups in total. The van der Waals surface area contributed by atoms with Crippen LogP contribution >= 0.6 is 11.6 Å². The smallest absolute Gasteiger partial charge is 0.256 e. The van der Waals surface area contributed by atoms with Crippen molar-refractivity contribution in [3.63, 3.8) is 0 Å². The van der Waals surface area contributed by atoms with E-state index in [4.69, 9.17) is 16.1 Å². The van der Waals surface area contributed by atoms with Crippen molar-refractivity contribution in [3.8, 4) is 0 Å². The highest BCUT2D eigenvalue weighted by atomic mass is 35.5. The van der Waals surface area contributed by atoms with Crippen molar-refractivity contribution in [1.29, 1.82) is 0 Å². The molecule has 1 aliphatic rings.